The number of carbonyl (C=O) groups is 2. The second-order valence-corrected chi connectivity index (χ2v) is 6.52. The van der Waals surface area contributed by atoms with Gasteiger partial charge in [0.25, 0.3) is 0 Å². The first-order chi connectivity index (χ1) is 10.9. The third-order valence-corrected chi connectivity index (χ3v) is 4.26. The number of piperazine rings is 1. The number of amides is 1. The third kappa shape index (κ3) is 4.53. The topological polar surface area (TPSA) is 40.6 Å². The van der Waals surface area contributed by atoms with E-state index in [-0.39, 0.29) is 17.5 Å². The molecular weight excluding hydrogens is 295 g/mol. The molecule has 1 amide bonds. The van der Waals surface area contributed by atoms with Crippen LogP contribution in [0.4, 0.5) is 10.1 Å². The van der Waals surface area contributed by atoms with E-state index in [1.54, 1.807) is 12.1 Å². The smallest absolute Gasteiger partial charge is 0.222 e. The summed E-state index contributed by atoms with van der Waals surface area (Å²) in [5.74, 6) is 0.188. The van der Waals surface area contributed by atoms with Gasteiger partial charge in [-0.3, -0.25) is 9.59 Å². The van der Waals surface area contributed by atoms with Crippen LogP contribution in [0.25, 0.3) is 0 Å². The summed E-state index contributed by atoms with van der Waals surface area (Å²) in [6.45, 7) is 8.11. The summed E-state index contributed by atoms with van der Waals surface area (Å²) in [6, 6.07) is 4.60. The number of hydrogen-bond donors (Lipinski definition) is 0. The molecule has 5 heteroatoms. The summed E-state index contributed by atoms with van der Waals surface area (Å²) >= 11 is 0. The Bertz CT molecular complexity index is 578. The number of benzene rings is 1. The van der Waals surface area contributed by atoms with Gasteiger partial charge in [0.05, 0.1) is 5.69 Å². The van der Waals surface area contributed by atoms with Crippen LogP contribution in [0, 0.1) is 11.7 Å². The maximum atomic E-state index is 14.2. The zero-order chi connectivity index (χ0) is 17.0. The molecule has 1 saturated heterocycles. The van der Waals surface area contributed by atoms with Crippen molar-refractivity contribution in [3.05, 3.63) is 29.6 Å². The van der Waals surface area contributed by atoms with Crippen molar-refractivity contribution in [3.63, 3.8) is 0 Å². The van der Waals surface area contributed by atoms with Gasteiger partial charge in [-0.25, -0.2) is 4.39 Å². The van der Waals surface area contributed by atoms with Crippen molar-refractivity contribution in [2.75, 3.05) is 31.1 Å². The molecule has 1 fully saturated rings. The average molecular weight is 320 g/mol. The molecule has 1 heterocycles. The molecule has 0 aliphatic carbocycles. The van der Waals surface area contributed by atoms with E-state index >= 15 is 0 Å². The monoisotopic (exact) mass is 320 g/mol. The van der Waals surface area contributed by atoms with Gasteiger partial charge in [-0.2, -0.15) is 0 Å². The Balaban J connectivity index is 1.94. The van der Waals surface area contributed by atoms with Crippen molar-refractivity contribution in [1.29, 1.82) is 0 Å². The first-order valence-electron chi connectivity index (χ1n) is 8.21. The van der Waals surface area contributed by atoms with E-state index in [0.717, 1.165) is 6.42 Å². The number of nitrogens with zero attached hydrogens (tertiary/aromatic N) is 2. The molecule has 0 spiro atoms. The van der Waals surface area contributed by atoms with Gasteiger partial charge >= 0.3 is 0 Å². The largest absolute Gasteiger partial charge is 0.366 e. The number of ketones is 1. The summed E-state index contributed by atoms with van der Waals surface area (Å²) < 4.78 is 14.2. The molecule has 23 heavy (non-hydrogen) atoms. The zero-order valence-electron chi connectivity index (χ0n) is 14.1. The van der Waals surface area contributed by atoms with Crippen molar-refractivity contribution in [1.82, 2.24) is 4.90 Å². The Hall–Kier alpha value is -1.91. The molecule has 0 bridgehead atoms. The number of carbonyl (C=O) groups excluding carboxylic acids is 2. The standard InChI is InChI=1S/C18H25FN2O2/c1-13(2)4-7-18(23)21-10-8-20(9-11-21)17-6-5-15(14(3)22)12-16(17)19/h5-6,12-13H,4,7-11H2,1-3H3. The van der Waals surface area contributed by atoms with Crippen LogP contribution in [0.1, 0.15) is 44.0 Å². The second-order valence-electron chi connectivity index (χ2n) is 6.52. The van der Waals surface area contributed by atoms with Crippen LogP contribution in [0.3, 0.4) is 0 Å². The van der Waals surface area contributed by atoms with Crippen LogP contribution >= 0.6 is 0 Å². The molecule has 126 valence electrons. The zero-order valence-corrected chi connectivity index (χ0v) is 14.1. The van der Waals surface area contributed by atoms with E-state index in [0.29, 0.717) is 49.8 Å². The molecule has 0 unspecified atom stereocenters. The van der Waals surface area contributed by atoms with Gasteiger partial charge in [0.1, 0.15) is 5.82 Å². The molecule has 4 nitrogen and oxygen atoms in total. The van der Waals surface area contributed by atoms with E-state index in [2.05, 4.69) is 13.8 Å². The molecular formula is C18H25FN2O2. The highest BCUT2D eigenvalue weighted by molar-refractivity contribution is 5.94. The Kier molecular flexibility index (Phi) is 5.74. The number of rotatable bonds is 5. The van der Waals surface area contributed by atoms with Crippen LogP contribution in [0.5, 0.6) is 0 Å². The minimum absolute atomic E-state index is 0.143. The van der Waals surface area contributed by atoms with Gasteiger partial charge in [-0.05, 0) is 37.5 Å². The summed E-state index contributed by atoms with van der Waals surface area (Å²) in [7, 11) is 0. The van der Waals surface area contributed by atoms with E-state index in [4.69, 9.17) is 0 Å². The van der Waals surface area contributed by atoms with Gasteiger partial charge < -0.3 is 9.80 Å². The molecule has 0 aromatic heterocycles. The third-order valence-electron chi connectivity index (χ3n) is 4.26. The van der Waals surface area contributed by atoms with Crippen LogP contribution < -0.4 is 4.90 Å². The van der Waals surface area contributed by atoms with Crippen LogP contribution in [-0.4, -0.2) is 42.8 Å². The quantitative estimate of drug-likeness (QED) is 0.783. The molecule has 0 radical (unpaired) electrons. The molecule has 2 rings (SSSR count). The van der Waals surface area contributed by atoms with E-state index < -0.39 is 0 Å². The van der Waals surface area contributed by atoms with Crippen LogP contribution in [0.2, 0.25) is 0 Å². The first kappa shape index (κ1) is 17.4. The number of hydrogen-bond acceptors (Lipinski definition) is 3. The number of Topliss-reactive ketones (excluding diaryl/α,β-unsaturated/α-hetero) is 1. The van der Waals surface area contributed by atoms with Gasteiger partial charge in [0, 0.05) is 38.2 Å². The summed E-state index contributed by atoms with van der Waals surface area (Å²) in [5.41, 5.74) is 0.887. The molecule has 1 aliphatic heterocycles. The molecule has 1 aliphatic rings. The Morgan fingerprint density at radius 3 is 2.35 bits per heavy atom. The first-order valence-corrected chi connectivity index (χ1v) is 8.21. The second kappa shape index (κ2) is 7.57. The lowest BCUT2D eigenvalue weighted by molar-refractivity contribution is -0.131. The van der Waals surface area contributed by atoms with Gasteiger partial charge in [-0.15, -0.1) is 0 Å². The van der Waals surface area contributed by atoms with Crippen molar-refractivity contribution < 1.29 is 14.0 Å². The molecule has 0 N–H and O–H groups in total. The SMILES string of the molecule is CC(=O)c1ccc(N2CCN(C(=O)CCC(C)C)CC2)c(F)c1. The van der Waals surface area contributed by atoms with E-state index in [9.17, 15) is 14.0 Å². The van der Waals surface area contributed by atoms with Crippen molar-refractivity contribution >= 4 is 17.4 Å². The van der Waals surface area contributed by atoms with Gasteiger partial charge in [0.2, 0.25) is 5.91 Å². The summed E-state index contributed by atoms with van der Waals surface area (Å²) in [6.07, 6.45) is 1.49. The highest BCUT2D eigenvalue weighted by Crippen LogP contribution is 2.22. The number of anilines is 1. The molecule has 1 aromatic rings. The fourth-order valence-electron chi connectivity index (χ4n) is 2.75. The fourth-order valence-corrected chi connectivity index (χ4v) is 2.75. The maximum Gasteiger partial charge on any atom is 0.222 e. The molecule has 0 atom stereocenters. The maximum absolute atomic E-state index is 14.2. The van der Waals surface area contributed by atoms with Crippen molar-refractivity contribution in [2.45, 2.75) is 33.6 Å². The molecule has 0 saturated carbocycles. The lowest BCUT2D eigenvalue weighted by Crippen LogP contribution is -2.49. The summed E-state index contributed by atoms with van der Waals surface area (Å²) in [5, 5.41) is 0. The lowest BCUT2D eigenvalue weighted by atomic mass is 10.1. The Morgan fingerprint density at radius 1 is 1.17 bits per heavy atom. The van der Waals surface area contributed by atoms with Crippen LogP contribution in [-0.2, 0) is 4.79 Å². The average Bonchev–Trinajstić information content (AvgIpc) is 2.52. The van der Waals surface area contributed by atoms with Crippen molar-refractivity contribution in [2.24, 2.45) is 5.92 Å². The highest BCUT2D eigenvalue weighted by Gasteiger charge is 2.23. The number of halogens is 1. The summed E-state index contributed by atoms with van der Waals surface area (Å²) in [4.78, 5) is 27.2. The minimum atomic E-state index is -0.378. The van der Waals surface area contributed by atoms with Crippen LogP contribution in [0.15, 0.2) is 18.2 Å². The normalized spacial score (nSPS) is 15.2. The van der Waals surface area contributed by atoms with E-state index in [1.165, 1.54) is 13.0 Å². The lowest BCUT2D eigenvalue weighted by Gasteiger charge is -2.36. The van der Waals surface area contributed by atoms with Gasteiger partial charge in [0.15, 0.2) is 5.78 Å². The predicted octanol–water partition coefficient (Wildman–Crippen LogP) is 3.11. The Labute approximate surface area is 137 Å². The minimum Gasteiger partial charge on any atom is -0.366 e. The van der Waals surface area contributed by atoms with E-state index in [1.807, 2.05) is 9.80 Å². The van der Waals surface area contributed by atoms with Crippen molar-refractivity contribution in [3.8, 4) is 0 Å². The predicted molar refractivity (Wildman–Crippen MR) is 89.3 cm³/mol. The fraction of sp³-hybridized carbons (Fsp3) is 0.556. The van der Waals surface area contributed by atoms with Gasteiger partial charge in [-0.1, -0.05) is 13.8 Å². The Morgan fingerprint density at radius 2 is 1.83 bits per heavy atom. The highest BCUT2D eigenvalue weighted by atomic mass is 19.1. The molecule has 1 aromatic carbocycles.